The fraction of sp³-hybridized carbons (Fsp3) is 1.00. The molecule has 2 aliphatic rings. The molecular weight excluding hydrogens is 208 g/mol. The van der Waals surface area contributed by atoms with Gasteiger partial charge in [0.1, 0.15) is 37.1 Å². The van der Waals surface area contributed by atoms with Crippen LogP contribution in [0.3, 0.4) is 0 Å². The molecule has 7 nitrogen and oxygen atoms in total. The van der Waals surface area contributed by atoms with Crippen LogP contribution in [0.15, 0.2) is 0 Å². The molecule has 0 amide bonds. The number of aliphatic hydroxyl groups excluding tert-OH is 5. The number of hydrogen-bond acceptors (Lipinski definition) is 7. The summed E-state index contributed by atoms with van der Waals surface area (Å²) in [7, 11) is 0. The van der Waals surface area contributed by atoms with Crippen LogP contribution < -0.4 is 0 Å². The zero-order chi connectivity index (χ0) is 11.2. The first-order chi connectivity index (χ1) is 7.05. The standard InChI is InChI=1S/C8H14O7/c9-1-3-4(11)6-5(12)7(13)8(2-10,14-3)15-6/h3-7,9-13H,1-2H2/t3-,4-,5-,6+,7+,8+/m1/s1. The minimum Gasteiger partial charge on any atom is -0.394 e. The molecule has 2 heterocycles. The summed E-state index contributed by atoms with van der Waals surface area (Å²) in [6.07, 6.45) is -6.06. The Morgan fingerprint density at radius 3 is 2.20 bits per heavy atom. The van der Waals surface area contributed by atoms with Gasteiger partial charge in [0.15, 0.2) is 0 Å². The monoisotopic (exact) mass is 222 g/mol. The summed E-state index contributed by atoms with van der Waals surface area (Å²) in [5.74, 6) is -1.74. The summed E-state index contributed by atoms with van der Waals surface area (Å²) in [4.78, 5) is 0. The van der Waals surface area contributed by atoms with Gasteiger partial charge < -0.3 is 35.0 Å². The first-order valence-electron chi connectivity index (χ1n) is 4.67. The lowest BCUT2D eigenvalue weighted by molar-refractivity contribution is -0.347. The van der Waals surface area contributed by atoms with Crippen molar-refractivity contribution in [2.75, 3.05) is 13.2 Å². The molecular formula is C8H14O7. The summed E-state index contributed by atoms with van der Waals surface area (Å²) < 4.78 is 10.1. The van der Waals surface area contributed by atoms with Crippen LogP contribution in [0, 0.1) is 0 Å². The van der Waals surface area contributed by atoms with E-state index in [0.717, 1.165) is 0 Å². The highest BCUT2D eigenvalue weighted by molar-refractivity contribution is 5.04. The molecule has 0 radical (unpaired) electrons. The van der Waals surface area contributed by atoms with E-state index in [2.05, 4.69) is 0 Å². The second-order valence-corrected chi connectivity index (χ2v) is 3.82. The molecule has 88 valence electrons. The van der Waals surface area contributed by atoms with Gasteiger partial charge in [0.25, 0.3) is 0 Å². The van der Waals surface area contributed by atoms with Crippen LogP contribution in [0.4, 0.5) is 0 Å². The summed E-state index contributed by atoms with van der Waals surface area (Å²) in [6.45, 7) is -1.15. The molecule has 0 unspecified atom stereocenters. The van der Waals surface area contributed by atoms with Gasteiger partial charge in [-0.05, 0) is 0 Å². The molecule has 0 aliphatic carbocycles. The predicted octanol–water partition coefficient (Wildman–Crippen LogP) is -3.45. The third-order valence-electron chi connectivity index (χ3n) is 2.92. The minimum atomic E-state index is -1.74. The van der Waals surface area contributed by atoms with Gasteiger partial charge in [-0.1, -0.05) is 0 Å². The van der Waals surface area contributed by atoms with E-state index < -0.39 is 49.5 Å². The molecule has 2 saturated heterocycles. The summed E-state index contributed by atoms with van der Waals surface area (Å²) in [5, 5.41) is 46.7. The molecule has 0 spiro atoms. The van der Waals surface area contributed by atoms with Gasteiger partial charge in [0.2, 0.25) is 5.79 Å². The largest absolute Gasteiger partial charge is 0.394 e. The fourth-order valence-corrected chi connectivity index (χ4v) is 2.03. The van der Waals surface area contributed by atoms with Crippen LogP contribution in [0.1, 0.15) is 0 Å². The van der Waals surface area contributed by atoms with Crippen LogP contribution in [-0.4, -0.2) is 75.1 Å². The molecule has 2 aliphatic heterocycles. The quantitative estimate of drug-likeness (QED) is 0.329. The molecule has 0 aromatic carbocycles. The second kappa shape index (κ2) is 3.63. The van der Waals surface area contributed by atoms with Crippen molar-refractivity contribution in [1.29, 1.82) is 0 Å². The van der Waals surface area contributed by atoms with Crippen LogP contribution in [0.5, 0.6) is 0 Å². The van der Waals surface area contributed by atoms with E-state index in [0.29, 0.717) is 0 Å². The Kier molecular flexibility index (Phi) is 2.72. The number of aliphatic hydroxyl groups is 5. The predicted molar refractivity (Wildman–Crippen MR) is 44.7 cm³/mol. The highest BCUT2D eigenvalue weighted by atomic mass is 16.8. The summed E-state index contributed by atoms with van der Waals surface area (Å²) in [6, 6.07) is 0. The van der Waals surface area contributed by atoms with Crippen molar-refractivity contribution in [1.82, 2.24) is 0 Å². The summed E-state index contributed by atoms with van der Waals surface area (Å²) >= 11 is 0. The molecule has 6 atom stereocenters. The van der Waals surface area contributed by atoms with Crippen molar-refractivity contribution in [3.05, 3.63) is 0 Å². The molecule has 2 rings (SSSR count). The average Bonchev–Trinajstić information content (AvgIpc) is 2.47. The molecule has 2 bridgehead atoms. The smallest absolute Gasteiger partial charge is 0.222 e. The lowest BCUT2D eigenvalue weighted by atomic mass is 10.0. The van der Waals surface area contributed by atoms with Crippen molar-refractivity contribution < 1.29 is 35.0 Å². The lowest BCUT2D eigenvalue weighted by Crippen LogP contribution is -2.56. The van der Waals surface area contributed by atoms with Crippen molar-refractivity contribution in [3.8, 4) is 0 Å². The second-order valence-electron chi connectivity index (χ2n) is 3.82. The van der Waals surface area contributed by atoms with Crippen molar-refractivity contribution in [3.63, 3.8) is 0 Å². The molecule has 0 saturated carbocycles. The van der Waals surface area contributed by atoms with Crippen LogP contribution in [0.25, 0.3) is 0 Å². The van der Waals surface area contributed by atoms with E-state index >= 15 is 0 Å². The third kappa shape index (κ3) is 1.40. The fourth-order valence-electron chi connectivity index (χ4n) is 2.03. The van der Waals surface area contributed by atoms with Gasteiger partial charge in [-0.2, -0.15) is 0 Å². The van der Waals surface area contributed by atoms with Gasteiger partial charge >= 0.3 is 0 Å². The topological polar surface area (TPSA) is 120 Å². The summed E-state index contributed by atoms with van der Waals surface area (Å²) in [5.41, 5.74) is 0. The van der Waals surface area contributed by atoms with E-state index in [-0.39, 0.29) is 0 Å². The van der Waals surface area contributed by atoms with E-state index in [9.17, 15) is 15.3 Å². The van der Waals surface area contributed by atoms with Gasteiger partial charge in [-0.3, -0.25) is 0 Å². The Morgan fingerprint density at radius 1 is 1.00 bits per heavy atom. The van der Waals surface area contributed by atoms with Crippen LogP contribution in [0.2, 0.25) is 0 Å². The van der Waals surface area contributed by atoms with Crippen molar-refractivity contribution in [2.24, 2.45) is 0 Å². The van der Waals surface area contributed by atoms with Gasteiger partial charge in [-0.25, -0.2) is 0 Å². The van der Waals surface area contributed by atoms with E-state index in [1.54, 1.807) is 0 Å². The number of ether oxygens (including phenoxy) is 2. The first kappa shape index (κ1) is 11.2. The highest BCUT2D eigenvalue weighted by Crippen LogP contribution is 2.40. The van der Waals surface area contributed by atoms with Gasteiger partial charge in [0.05, 0.1) is 6.61 Å². The Labute approximate surface area is 85.5 Å². The Balaban J connectivity index is 2.28. The normalized spacial score (nSPS) is 54.6. The van der Waals surface area contributed by atoms with Crippen LogP contribution in [-0.2, 0) is 9.47 Å². The van der Waals surface area contributed by atoms with Crippen molar-refractivity contribution >= 4 is 0 Å². The zero-order valence-electron chi connectivity index (χ0n) is 7.85. The Hall–Kier alpha value is -0.280. The maximum absolute atomic E-state index is 9.60. The third-order valence-corrected chi connectivity index (χ3v) is 2.92. The number of rotatable bonds is 2. The van der Waals surface area contributed by atoms with Crippen molar-refractivity contribution in [2.45, 2.75) is 36.3 Å². The molecule has 0 aromatic rings. The van der Waals surface area contributed by atoms with Gasteiger partial charge in [-0.15, -0.1) is 0 Å². The lowest BCUT2D eigenvalue weighted by Gasteiger charge is -2.39. The Bertz CT molecular complexity index is 243. The number of fused-ring (bicyclic) bond motifs is 2. The Morgan fingerprint density at radius 2 is 1.67 bits per heavy atom. The maximum Gasteiger partial charge on any atom is 0.222 e. The highest BCUT2D eigenvalue weighted by Gasteiger charge is 2.62. The zero-order valence-corrected chi connectivity index (χ0v) is 7.85. The van der Waals surface area contributed by atoms with Crippen LogP contribution >= 0.6 is 0 Å². The maximum atomic E-state index is 9.60. The number of hydrogen-bond donors (Lipinski definition) is 5. The molecule has 5 N–H and O–H groups in total. The van der Waals surface area contributed by atoms with E-state index in [1.807, 2.05) is 0 Å². The SMILES string of the molecule is OC[C@H]1O[C@@]2(CO)O[C@H]([C@@H](O)[C@@H]2O)[C@@H]1O. The molecule has 7 heteroatoms. The van der Waals surface area contributed by atoms with E-state index in [1.165, 1.54) is 0 Å². The average molecular weight is 222 g/mol. The minimum absolute atomic E-state index is 0.484. The first-order valence-corrected chi connectivity index (χ1v) is 4.67. The van der Waals surface area contributed by atoms with E-state index in [4.69, 9.17) is 19.7 Å². The molecule has 0 aromatic heterocycles. The van der Waals surface area contributed by atoms with Gasteiger partial charge in [0, 0.05) is 0 Å². The molecule has 15 heavy (non-hydrogen) atoms. The molecule has 2 fully saturated rings.